The molecule has 0 aliphatic heterocycles. The van der Waals surface area contributed by atoms with Crippen LogP contribution in [0.1, 0.15) is 189 Å². The van der Waals surface area contributed by atoms with Crippen LogP contribution in [0.25, 0.3) is 0 Å². The van der Waals surface area contributed by atoms with E-state index in [2.05, 4.69) is 13.8 Å². The van der Waals surface area contributed by atoms with Gasteiger partial charge in [0.15, 0.2) is 0 Å². The summed E-state index contributed by atoms with van der Waals surface area (Å²) < 4.78 is 11.0. The number of phenolic OH excluding ortho intramolecular Hbond substituents is 2. The Morgan fingerprint density at radius 1 is 0.469 bits per heavy atom. The molecule has 0 unspecified atom stereocenters. The summed E-state index contributed by atoms with van der Waals surface area (Å²) in [5, 5.41) is 21.0. The molecule has 0 fully saturated rings. The van der Waals surface area contributed by atoms with Gasteiger partial charge in [0.1, 0.15) is 11.5 Å². The number of carbonyl (C=O) groups is 2. The molecule has 49 heavy (non-hydrogen) atoms. The fraction of sp³-hybridized carbons (Fsp3) is 0.667. The Labute approximate surface area is 302 Å². The molecule has 0 bridgehead atoms. The van der Waals surface area contributed by atoms with Crippen molar-refractivity contribution >= 4 is 23.7 Å². The van der Waals surface area contributed by atoms with Gasteiger partial charge in [0, 0.05) is 0 Å². The number of rotatable bonds is 30. The second-order valence-corrected chi connectivity index (χ2v) is 14.6. The number of unbranched alkanes of at least 4 members (excludes halogenated alkanes) is 22. The van der Waals surface area contributed by atoms with Crippen LogP contribution in [-0.2, 0) is 9.47 Å². The maximum Gasteiger partial charge on any atom is 0.338 e. The van der Waals surface area contributed by atoms with Gasteiger partial charge in [0.25, 0.3) is 0 Å². The zero-order chi connectivity index (χ0) is 35.4. The molecule has 0 heterocycles. The van der Waals surface area contributed by atoms with Gasteiger partial charge in [-0.05, 0) is 49.2 Å². The number of phenols is 2. The average Bonchev–Trinajstić information content (AvgIpc) is 3.10. The van der Waals surface area contributed by atoms with Crippen molar-refractivity contribution in [3.05, 3.63) is 47.5 Å². The van der Waals surface area contributed by atoms with E-state index in [0.29, 0.717) is 34.1 Å². The van der Waals surface area contributed by atoms with Crippen molar-refractivity contribution in [2.24, 2.45) is 0 Å². The Kier molecular flexibility index (Phi) is 24.3. The van der Waals surface area contributed by atoms with Crippen LogP contribution in [0.4, 0.5) is 0 Å². The van der Waals surface area contributed by atoms with E-state index in [1.165, 1.54) is 140 Å². The maximum absolute atomic E-state index is 12.7. The fourth-order valence-electron chi connectivity index (χ4n) is 5.95. The number of aromatic hydroxyl groups is 2. The Morgan fingerprint density at radius 3 is 1.06 bits per heavy atom. The molecule has 0 aliphatic rings. The van der Waals surface area contributed by atoms with Crippen molar-refractivity contribution < 1.29 is 29.3 Å². The van der Waals surface area contributed by atoms with E-state index in [0.717, 1.165) is 50.3 Å². The summed E-state index contributed by atoms with van der Waals surface area (Å²) in [7, 11) is 0. The highest BCUT2D eigenvalue weighted by atomic mass is 32.2. The van der Waals surface area contributed by atoms with Crippen molar-refractivity contribution in [1.82, 2.24) is 0 Å². The summed E-state index contributed by atoms with van der Waals surface area (Å²) in [5.74, 6) is -0.933. The first kappa shape index (κ1) is 42.5. The van der Waals surface area contributed by atoms with E-state index in [4.69, 9.17) is 9.47 Å². The third-order valence-corrected chi connectivity index (χ3v) is 10.2. The third-order valence-electron chi connectivity index (χ3n) is 9.07. The number of esters is 2. The van der Waals surface area contributed by atoms with Crippen molar-refractivity contribution in [3.8, 4) is 11.5 Å². The number of hydrogen-bond donors (Lipinski definition) is 2. The Hall–Kier alpha value is -2.67. The van der Waals surface area contributed by atoms with Crippen LogP contribution >= 0.6 is 11.8 Å². The van der Waals surface area contributed by atoms with Crippen molar-refractivity contribution in [3.63, 3.8) is 0 Å². The van der Waals surface area contributed by atoms with E-state index < -0.39 is 11.9 Å². The smallest absolute Gasteiger partial charge is 0.338 e. The molecule has 0 radical (unpaired) electrons. The second kappa shape index (κ2) is 28.1. The van der Waals surface area contributed by atoms with Gasteiger partial charge in [-0.25, -0.2) is 9.59 Å². The number of hydrogen-bond acceptors (Lipinski definition) is 7. The van der Waals surface area contributed by atoms with Crippen LogP contribution in [0.15, 0.2) is 46.2 Å². The third kappa shape index (κ3) is 19.9. The molecule has 2 aromatic carbocycles. The Bertz CT molecular complexity index is 1080. The van der Waals surface area contributed by atoms with Crippen LogP contribution < -0.4 is 0 Å². The standard InChI is InChI=1S/C42H66O6S/c1-3-5-7-9-11-13-15-17-19-21-23-25-31-47-41(45)35-27-29-37(43)39(33-35)49-40-34-36(28-30-38(40)44)42(46)48-32-26-24-22-20-18-16-14-12-10-8-6-4-2/h27-30,33-34,43-44H,3-26,31-32H2,1-2H3. The molecular formula is C42H66O6S. The first-order valence-corrected chi connectivity index (χ1v) is 20.5. The van der Waals surface area contributed by atoms with E-state index in [-0.39, 0.29) is 11.5 Å². The van der Waals surface area contributed by atoms with Gasteiger partial charge in [0.05, 0.1) is 34.1 Å². The summed E-state index contributed by atoms with van der Waals surface area (Å²) in [5.41, 5.74) is 0.661. The SMILES string of the molecule is CCCCCCCCCCCCCCOC(=O)c1ccc(O)c(Sc2cc(C(=O)OCCCCCCCCCCCCCC)ccc2O)c1. The molecule has 7 heteroatoms. The molecule has 0 aliphatic carbocycles. The highest BCUT2D eigenvalue weighted by molar-refractivity contribution is 7.99. The van der Waals surface area contributed by atoms with E-state index in [1.54, 1.807) is 12.1 Å². The molecule has 0 spiro atoms. The van der Waals surface area contributed by atoms with Crippen LogP contribution in [0.3, 0.4) is 0 Å². The average molecular weight is 699 g/mol. The minimum absolute atomic E-state index is 0.0261. The zero-order valence-electron chi connectivity index (χ0n) is 30.8. The highest BCUT2D eigenvalue weighted by Gasteiger charge is 2.16. The topological polar surface area (TPSA) is 93.1 Å². The van der Waals surface area contributed by atoms with Gasteiger partial charge in [-0.3, -0.25) is 0 Å². The lowest BCUT2D eigenvalue weighted by Crippen LogP contribution is -2.07. The lowest BCUT2D eigenvalue weighted by molar-refractivity contribution is 0.0488. The molecule has 276 valence electrons. The normalized spacial score (nSPS) is 11.1. The predicted octanol–water partition coefficient (Wildman–Crippen LogP) is 13.0. The molecule has 0 saturated carbocycles. The van der Waals surface area contributed by atoms with Crippen molar-refractivity contribution in [2.75, 3.05) is 13.2 Å². The van der Waals surface area contributed by atoms with Crippen LogP contribution in [0, 0.1) is 0 Å². The van der Waals surface area contributed by atoms with Crippen LogP contribution in [0.2, 0.25) is 0 Å². The zero-order valence-corrected chi connectivity index (χ0v) is 31.6. The summed E-state index contributed by atoms with van der Waals surface area (Å²) in [6, 6.07) is 9.09. The molecule has 6 nitrogen and oxygen atoms in total. The molecule has 0 aromatic heterocycles. The summed E-state index contributed by atoms with van der Waals surface area (Å²) in [6.45, 7) is 5.23. The minimum Gasteiger partial charge on any atom is -0.507 e. The number of ether oxygens (including phenoxy) is 2. The molecule has 0 amide bonds. The molecule has 2 N–H and O–H groups in total. The Balaban J connectivity index is 1.67. The predicted molar refractivity (Wildman–Crippen MR) is 203 cm³/mol. The maximum atomic E-state index is 12.7. The van der Waals surface area contributed by atoms with Gasteiger partial charge in [-0.1, -0.05) is 167 Å². The van der Waals surface area contributed by atoms with Gasteiger partial charge < -0.3 is 19.7 Å². The summed E-state index contributed by atoms with van der Waals surface area (Å²) >= 11 is 1.08. The fourth-order valence-corrected chi connectivity index (χ4v) is 6.90. The largest absolute Gasteiger partial charge is 0.507 e. The lowest BCUT2D eigenvalue weighted by atomic mass is 10.1. The first-order chi connectivity index (χ1) is 24.0. The number of benzene rings is 2. The monoisotopic (exact) mass is 698 g/mol. The quantitative estimate of drug-likeness (QED) is 0.0619. The summed E-state index contributed by atoms with van der Waals surface area (Å²) in [4.78, 5) is 26.2. The van der Waals surface area contributed by atoms with Crippen LogP contribution in [0.5, 0.6) is 11.5 Å². The van der Waals surface area contributed by atoms with Crippen LogP contribution in [-0.4, -0.2) is 35.4 Å². The van der Waals surface area contributed by atoms with Crippen molar-refractivity contribution in [1.29, 1.82) is 0 Å². The molecule has 0 atom stereocenters. The van der Waals surface area contributed by atoms with Gasteiger partial charge >= 0.3 is 11.9 Å². The molecule has 0 saturated heterocycles. The number of carbonyl (C=O) groups excluding carboxylic acids is 2. The first-order valence-electron chi connectivity index (χ1n) is 19.6. The minimum atomic E-state index is -0.440. The Morgan fingerprint density at radius 2 is 0.755 bits per heavy atom. The molecular weight excluding hydrogens is 633 g/mol. The summed E-state index contributed by atoms with van der Waals surface area (Å²) in [6.07, 6.45) is 29.9. The van der Waals surface area contributed by atoms with Gasteiger partial charge in [0.2, 0.25) is 0 Å². The lowest BCUT2D eigenvalue weighted by Gasteiger charge is -2.11. The molecule has 2 aromatic rings. The van der Waals surface area contributed by atoms with Crippen molar-refractivity contribution in [2.45, 2.75) is 178 Å². The molecule has 2 rings (SSSR count). The van der Waals surface area contributed by atoms with Gasteiger partial charge in [-0.15, -0.1) is 0 Å². The van der Waals surface area contributed by atoms with E-state index in [1.807, 2.05) is 0 Å². The second-order valence-electron chi connectivity index (χ2n) is 13.5. The van der Waals surface area contributed by atoms with E-state index in [9.17, 15) is 19.8 Å². The van der Waals surface area contributed by atoms with Gasteiger partial charge in [-0.2, -0.15) is 0 Å². The highest BCUT2D eigenvalue weighted by Crippen LogP contribution is 2.40. The van der Waals surface area contributed by atoms with E-state index >= 15 is 0 Å².